The molecular weight excluding hydrogens is 238 g/mol. The average Bonchev–Trinajstić information content (AvgIpc) is 2.28. The number of hydrogen-bond acceptors (Lipinski definition) is 3. The maximum Gasteiger partial charge on any atom is 0.211 e. The zero-order chi connectivity index (χ0) is 12.9. The summed E-state index contributed by atoms with van der Waals surface area (Å²) in [5.41, 5.74) is -0.499. The summed E-state index contributed by atoms with van der Waals surface area (Å²) >= 11 is 0. The molecule has 1 aromatic carbocycles. The molecule has 0 bridgehead atoms. The van der Waals surface area contributed by atoms with Crippen LogP contribution in [0.2, 0.25) is 0 Å². The van der Waals surface area contributed by atoms with Gasteiger partial charge in [0.05, 0.1) is 5.75 Å². The molecule has 5 heteroatoms. The van der Waals surface area contributed by atoms with Gasteiger partial charge in [0.2, 0.25) is 10.0 Å². The number of aliphatic hydroxyl groups is 1. The highest BCUT2D eigenvalue weighted by Crippen LogP contribution is 2.19. The first-order valence-corrected chi connectivity index (χ1v) is 7.28. The van der Waals surface area contributed by atoms with Crippen molar-refractivity contribution in [3.63, 3.8) is 0 Å². The summed E-state index contributed by atoms with van der Waals surface area (Å²) in [6.07, 6.45) is 0.558. The van der Waals surface area contributed by atoms with Crippen LogP contribution in [0.15, 0.2) is 30.3 Å². The Hall–Kier alpha value is -0.910. The van der Waals surface area contributed by atoms with Crippen LogP contribution in [0.3, 0.4) is 0 Å². The zero-order valence-electron chi connectivity index (χ0n) is 10.2. The van der Waals surface area contributed by atoms with Gasteiger partial charge in [-0.05, 0) is 18.9 Å². The number of sulfonamides is 1. The molecule has 0 saturated carbocycles. The van der Waals surface area contributed by atoms with E-state index in [4.69, 9.17) is 0 Å². The SMILES string of the molecule is CCCS(=O)(=O)NCC(C)(O)c1ccccc1. The number of nitrogens with one attached hydrogen (secondary N) is 1. The normalized spacial score (nSPS) is 15.5. The molecule has 0 fully saturated rings. The predicted octanol–water partition coefficient (Wildman–Crippen LogP) is 1.22. The molecule has 1 aromatic rings. The van der Waals surface area contributed by atoms with E-state index >= 15 is 0 Å². The summed E-state index contributed by atoms with van der Waals surface area (Å²) in [5, 5.41) is 10.2. The lowest BCUT2D eigenvalue weighted by atomic mass is 9.97. The van der Waals surface area contributed by atoms with E-state index in [1.165, 1.54) is 0 Å². The van der Waals surface area contributed by atoms with Gasteiger partial charge >= 0.3 is 0 Å². The Bertz CT molecular complexity index is 440. The van der Waals surface area contributed by atoms with Gasteiger partial charge in [-0.3, -0.25) is 0 Å². The zero-order valence-corrected chi connectivity index (χ0v) is 11.0. The van der Waals surface area contributed by atoms with Crippen LogP contribution in [-0.4, -0.2) is 25.8 Å². The first-order chi connectivity index (χ1) is 7.87. The van der Waals surface area contributed by atoms with Crippen molar-refractivity contribution in [2.24, 2.45) is 0 Å². The highest BCUT2D eigenvalue weighted by Gasteiger charge is 2.24. The first-order valence-electron chi connectivity index (χ1n) is 5.62. The fourth-order valence-corrected chi connectivity index (χ4v) is 2.67. The van der Waals surface area contributed by atoms with Crippen molar-refractivity contribution < 1.29 is 13.5 Å². The largest absolute Gasteiger partial charge is 0.384 e. The second-order valence-electron chi connectivity index (χ2n) is 4.28. The van der Waals surface area contributed by atoms with Crippen LogP contribution in [-0.2, 0) is 15.6 Å². The fraction of sp³-hybridized carbons (Fsp3) is 0.500. The minimum Gasteiger partial charge on any atom is -0.384 e. The number of benzene rings is 1. The molecule has 0 heterocycles. The van der Waals surface area contributed by atoms with Crippen molar-refractivity contribution in [2.75, 3.05) is 12.3 Å². The second kappa shape index (κ2) is 5.62. The van der Waals surface area contributed by atoms with Gasteiger partial charge < -0.3 is 5.11 Å². The Morgan fingerprint density at radius 1 is 1.29 bits per heavy atom. The molecule has 0 aliphatic rings. The lowest BCUT2D eigenvalue weighted by Crippen LogP contribution is -2.39. The lowest BCUT2D eigenvalue weighted by Gasteiger charge is -2.24. The standard InChI is InChI=1S/C12H19NO3S/c1-3-9-17(15,16)13-10-12(2,14)11-7-5-4-6-8-11/h4-8,13-14H,3,9-10H2,1-2H3. The van der Waals surface area contributed by atoms with Gasteiger partial charge in [0, 0.05) is 6.54 Å². The molecule has 96 valence electrons. The quantitative estimate of drug-likeness (QED) is 0.805. The van der Waals surface area contributed by atoms with Crippen molar-refractivity contribution in [3.8, 4) is 0 Å². The Morgan fingerprint density at radius 2 is 1.88 bits per heavy atom. The van der Waals surface area contributed by atoms with Crippen LogP contribution < -0.4 is 4.72 Å². The van der Waals surface area contributed by atoms with Gasteiger partial charge in [0.25, 0.3) is 0 Å². The third-order valence-corrected chi connectivity index (χ3v) is 4.03. The number of hydrogen-bond donors (Lipinski definition) is 2. The second-order valence-corrected chi connectivity index (χ2v) is 6.21. The minimum absolute atomic E-state index is 0.0145. The molecule has 1 rings (SSSR count). The van der Waals surface area contributed by atoms with Crippen LogP contribution in [0.25, 0.3) is 0 Å². The molecule has 4 nitrogen and oxygen atoms in total. The van der Waals surface area contributed by atoms with Crippen molar-refractivity contribution in [2.45, 2.75) is 25.9 Å². The van der Waals surface area contributed by atoms with Gasteiger partial charge in [-0.15, -0.1) is 0 Å². The highest BCUT2D eigenvalue weighted by molar-refractivity contribution is 7.89. The van der Waals surface area contributed by atoms with E-state index in [2.05, 4.69) is 4.72 Å². The molecular formula is C12H19NO3S. The van der Waals surface area contributed by atoms with Crippen LogP contribution >= 0.6 is 0 Å². The molecule has 1 unspecified atom stereocenters. The van der Waals surface area contributed by atoms with Crippen molar-refractivity contribution in [1.29, 1.82) is 0 Å². The topological polar surface area (TPSA) is 66.4 Å². The molecule has 0 radical (unpaired) electrons. The monoisotopic (exact) mass is 257 g/mol. The Balaban J connectivity index is 2.69. The average molecular weight is 257 g/mol. The summed E-state index contributed by atoms with van der Waals surface area (Å²) in [7, 11) is -3.28. The van der Waals surface area contributed by atoms with Crippen LogP contribution in [0.1, 0.15) is 25.8 Å². The molecule has 0 aliphatic heterocycles. The predicted molar refractivity (Wildman–Crippen MR) is 68.1 cm³/mol. The fourth-order valence-electron chi connectivity index (χ4n) is 1.49. The molecule has 0 aromatic heterocycles. The summed E-state index contributed by atoms with van der Waals surface area (Å²) in [5.74, 6) is 0.0812. The van der Waals surface area contributed by atoms with Crippen molar-refractivity contribution in [1.82, 2.24) is 4.72 Å². The third kappa shape index (κ3) is 4.46. The highest BCUT2D eigenvalue weighted by atomic mass is 32.2. The van der Waals surface area contributed by atoms with E-state index < -0.39 is 15.6 Å². The van der Waals surface area contributed by atoms with Crippen molar-refractivity contribution in [3.05, 3.63) is 35.9 Å². The smallest absolute Gasteiger partial charge is 0.211 e. The molecule has 17 heavy (non-hydrogen) atoms. The third-order valence-electron chi connectivity index (χ3n) is 2.50. The Kier molecular flexibility index (Phi) is 4.68. The van der Waals surface area contributed by atoms with Gasteiger partial charge in [-0.25, -0.2) is 13.1 Å². The van der Waals surface area contributed by atoms with Crippen LogP contribution in [0.4, 0.5) is 0 Å². The first kappa shape index (κ1) is 14.2. The van der Waals surface area contributed by atoms with Gasteiger partial charge in [0.1, 0.15) is 5.60 Å². The van der Waals surface area contributed by atoms with Gasteiger partial charge in [-0.1, -0.05) is 37.3 Å². The van der Waals surface area contributed by atoms with Crippen molar-refractivity contribution >= 4 is 10.0 Å². The van der Waals surface area contributed by atoms with E-state index in [1.807, 2.05) is 18.2 Å². The summed E-state index contributed by atoms with van der Waals surface area (Å²) in [6.45, 7) is 3.38. The van der Waals surface area contributed by atoms with Gasteiger partial charge in [-0.2, -0.15) is 0 Å². The molecule has 2 N–H and O–H groups in total. The molecule has 0 saturated heterocycles. The van der Waals surface area contributed by atoms with E-state index in [0.29, 0.717) is 12.0 Å². The maximum absolute atomic E-state index is 11.5. The molecule has 0 aliphatic carbocycles. The number of rotatable bonds is 6. The van der Waals surface area contributed by atoms with E-state index in [1.54, 1.807) is 26.0 Å². The van der Waals surface area contributed by atoms with E-state index in [0.717, 1.165) is 0 Å². The summed E-state index contributed by atoms with van der Waals surface area (Å²) < 4.78 is 25.4. The maximum atomic E-state index is 11.5. The summed E-state index contributed by atoms with van der Waals surface area (Å²) in [6, 6.07) is 9.01. The minimum atomic E-state index is -3.28. The van der Waals surface area contributed by atoms with Crippen LogP contribution in [0.5, 0.6) is 0 Å². The molecule has 0 amide bonds. The Morgan fingerprint density at radius 3 is 2.41 bits per heavy atom. The van der Waals surface area contributed by atoms with Gasteiger partial charge in [0.15, 0.2) is 0 Å². The molecule has 0 spiro atoms. The van der Waals surface area contributed by atoms with Crippen LogP contribution in [0, 0.1) is 0 Å². The Labute approximate surface area is 103 Å². The van der Waals surface area contributed by atoms with E-state index in [9.17, 15) is 13.5 Å². The molecule has 1 atom stereocenters. The van der Waals surface area contributed by atoms with E-state index in [-0.39, 0.29) is 12.3 Å². The lowest BCUT2D eigenvalue weighted by molar-refractivity contribution is 0.0627. The summed E-state index contributed by atoms with van der Waals surface area (Å²) in [4.78, 5) is 0.